The fraction of sp³-hybridized carbons (Fsp3) is 0.867. The summed E-state index contributed by atoms with van der Waals surface area (Å²) in [6.45, 7) is 3.31. The van der Waals surface area contributed by atoms with Gasteiger partial charge in [0.05, 0.1) is 13.7 Å². The normalized spacial score (nSPS) is 10.1. The standard InChI is InChI=1S/C15H29NO4/c1-3-4-5-6-10-13-20-14(17)11-8-7-9-12-16-15(18)19-2/h3-13H2,1-2H3,(H,16,18). The Morgan fingerprint density at radius 3 is 2.35 bits per heavy atom. The van der Waals surface area contributed by atoms with Gasteiger partial charge < -0.3 is 14.8 Å². The molecular formula is C15H29NO4. The van der Waals surface area contributed by atoms with E-state index >= 15 is 0 Å². The molecule has 0 aromatic carbocycles. The van der Waals surface area contributed by atoms with Gasteiger partial charge in [-0.25, -0.2) is 4.79 Å². The predicted octanol–water partition coefficient (Wildman–Crippen LogP) is 3.42. The van der Waals surface area contributed by atoms with Gasteiger partial charge >= 0.3 is 12.1 Å². The van der Waals surface area contributed by atoms with E-state index in [9.17, 15) is 9.59 Å². The number of amides is 1. The highest BCUT2D eigenvalue weighted by Gasteiger charge is 2.02. The number of unbranched alkanes of at least 4 members (excludes halogenated alkanes) is 6. The van der Waals surface area contributed by atoms with Crippen molar-refractivity contribution in [3.63, 3.8) is 0 Å². The third-order valence-corrected chi connectivity index (χ3v) is 3.02. The van der Waals surface area contributed by atoms with Crippen LogP contribution in [0.4, 0.5) is 4.79 Å². The van der Waals surface area contributed by atoms with Crippen LogP contribution in [0, 0.1) is 0 Å². The van der Waals surface area contributed by atoms with Gasteiger partial charge in [0.25, 0.3) is 0 Å². The van der Waals surface area contributed by atoms with Gasteiger partial charge in [0.15, 0.2) is 0 Å². The Morgan fingerprint density at radius 2 is 1.65 bits per heavy atom. The van der Waals surface area contributed by atoms with Crippen LogP contribution in [0.1, 0.15) is 64.7 Å². The number of esters is 1. The van der Waals surface area contributed by atoms with Crippen LogP contribution in [0.25, 0.3) is 0 Å². The van der Waals surface area contributed by atoms with Crippen molar-refractivity contribution in [2.24, 2.45) is 0 Å². The summed E-state index contributed by atoms with van der Waals surface area (Å²) in [5.74, 6) is -0.110. The van der Waals surface area contributed by atoms with Crippen LogP contribution in [0.2, 0.25) is 0 Å². The average molecular weight is 287 g/mol. The molecule has 0 saturated heterocycles. The largest absolute Gasteiger partial charge is 0.466 e. The summed E-state index contributed by atoms with van der Waals surface area (Å²) in [7, 11) is 1.34. The van der Waals surface area contributed by atoms with Crippen LogP contribution in [-0.4, -0.2) is 32.3 Å². The molecule has 0 rings (SSSR count). The van der Waals surface area contributed by atoms with Crippen molar-refractivity contribution in [2.45, 2.75) is 64.7 Å². The van der Waals surface area contributed by atoms with Crippen molar-refractivity contribution in [1.82, 2.24) is 5.32 Å². The number of carbonyl (C=O) groups excluding carboxylic acids is 2. The Kier molecular flexibility index (Phi) is 13.3. The minimum Gasteiger partial charge on any atom is -0.466 e. The molecule has 5 nitrogen and oxygen atoms in total. The van der Waals surface area contributed by atoms with E-state index in [1.54, 1.807) is 0 Å². The number of hydrogen-bond donors (Lipinski definition) is 1. The number of nitrogens with one attached hydrogen (secondary N) is 1. The topological polar surface area (TPSA) is 64.6 Å². The molecule has 1 amide bonds. The lowest BCUT2D eigenvalue weighted by Crippen LogP contribution is -2.23. The Labute approximate surface area is 122 Å². The third kappa shape index (κ3) is 13.2. The molecular weight excluding hydrogens is 258 g/mol. The lowest BCUT2D eigenvalue weighted by Gasteiger charge is -2.05. The second-order valence-corrected chi connectivity index (χ2v) is 4.86. The highest BCUT2D eigenvalue weighted by molar-refractivity contribution is 5.69. The van der Waals surface area contributed by atoms with E-state index in [-0.39, 0.29) is 5.97 Å². The molecule has 0 aliphatic rings. The van der Waals surface area contributed by atoms with Gasteiger partial charge in [-0.15, -0.1) is 0 Å². The lowest BCUT2D eigenvalue weighted by molar-refractivity contribution is -0.143. The maximum absolute atomic E-state index is 11.4. The molecule has 0 saturated carbocycles. The quantitative estimate of drug-likeness (QED) is 0.441. The molecule has 0 heterocycles. The van der Waals surface area contributed by atoms with Gasteiger partial charge in [0.1, 0.15) is 0 Å². The lowest BCUT2D eigenvalue weighted by atomic mass is 10.2. The molecule has 0 aliphatic heterocycles. The molecule has 0 atom stereocenters. The van der Waals surface area contributed by atoms with Crippen molar-refractivity contribution < 1.29 is 19.1 Å². The van der Waals surface area contributed by atoms with Crippen molar-refractivity contribution in [2.75, 3.05) is 20.3 Å². The average Bonchev–Trinajstić information content (AvgIpc) is 2.46. The second-order valence-electron chi connectivity index (χ2n) is 4.86. The molecule has 0 fully saturated rings. The molecule has 0 unspecified atom stereocenters. The van der Waals surface area contributed by atoms with Crippen LogP contribution in [0.5, 0.6) is 0 Å². The minimum atomic E-state index is -0.410. The fourth-order valence-corrected chi connectivity index (χ4v) is 1.80. The van der Waals surface area contributed by atoms with E-state index in [4.69, 9.17) is 4.74 Å². The van der Waals surface area contributed by atoms with Crippen LogP contribution >= 0.6 is 0 Å². The summed E-state index contributed by atoms with van der Waals surface area (Å²) in [6.07, 6.45) is 8.42. The molecule has 0 bridgehead atoms. The van der Waals surface area contributed by atoms with Gasteiger partial charge in [0, 0.05) is 13.0 Å². The first kappa shape index (κ1) is 18.7. The summed E-state index contributed by atoms with van der Waals surface area (Å²) in [6, 6.07) is 0. The summed E-state index contributed by atoms with van der Waals surface area (Å²) in [5.41, 5.74) is 0. The monoisotopic (exact) mass is 287 g/mol. The second kappa shape index (κ2) is 14.2. The molecule has 118 valence electrons. The smallest absolute Gasteiger partial charge is 0.406 e. The summed E-state index contributed by atoms with van der Waals surface area (Å²) < 4.78 is 9.61. The summed E-state index contributed by atoms with van der Waals surface area (Å²) in [4.78, 5) is 22.2. The van der Waals surface area contributed by atoms with Crippen LogP contribution in [-0.2, 0) is 14.3 Å². The Bertz CT molecular complexity index is 256. The highest BCUT2D eigenvalue weighted by Crippen LogP contribution is 2.04. The highest BCUT2D eigenvalue weighted by atomic mass is 16.5. The Balaban J connectivity index is 3.22. The summed E-state index contributed by atoms with van der Waals surface area (Å²) in [5, 5.41) is 2.60. The SMILES string of the molecule is CCCCCCCOC(=O)CCCCCNC(=O)OC. The number of hydrogen-bond acceptors (Lipinski definition) is 4. The maximum Gasteiger partial charge on any atom is 0.406 e. The zero-order valence-electron chi connectivity index (χ0n) is 12.9. The zero-order valence-corrected chi connectivity index (χ0v) is 12.9. The van der Waals surface area contributed by atoms with Crippen molar-refractivity contribution >= 4 is 12.1 Å². The molecule has 0 radical (unpaired) electrons. The van der Waals surface area contributed by atoms with Gasteiger partial charge in [-0.05, 0) is 19.3 Å². The molecule has 5 heteroatoms. The molecule has 0 aliphatic carbocycles. The Morgan fingerprint density at radius 1 is 0.950 bits per heavy atom. The number of carbonyl (C=O) groups is 2. The van der Waals surface area contributed by atoms with E-state index in [1.165, 1.54) is 26.4 Å². The molecule has 1 N–H and O–H groups in total. The first-order valence-corrected chi connectivity index (χ1v) is 7.68. The van der Waals surface area contributed by atoms with Crippen molar-refractivity contribution in [3.05, 3.63) is 0 Å². The van der Waals surface area contributed by atoms with Crippen LogP contribution in [0.15, 0.2) is 0 Å². The summed E-state index contributed by atoms with van der Waals surface area (Å²) >= 11 is 0. The van der Waals surface area contributed by atoms with E-state index in [0.717, 1.165) is 32.1 Å². The van der Waals surface area contributed by atoms with Crippen LogP contribution in [0.3, 0.4) is 0 Å². The van der Waals surface area contributed by atoms with Gasteiger partial charge in [-0.3, -0.25) is 4.79 Å². The van der Waals surface area contributed by atoms with E-state index in [2.05, 4.69) is 17.0 Å². The number of alkyl carbamates (subject to hydrolysis) is 1. The number of ether oxygens (including phenoxy) is 2. The van der Waals surface area contributed by atoms with Gasteiger partial charge in [-0.1, -0.05) is 39.0 Å². The number of rotatable bonds is 12. The van der Waals surface area contributed by atoms with Crippen molar-refractivity contribution in [3.8, 4) is 0 Å². The van der Waals surface area contributed by atoms with Crippen LogP contribution < -0.4 is 5.32 Å². The maximum atomic E-state index is 11.4. The Hall–Kier alpha value is -1.26. The number of methoxy groups -OCH3 is 1. The van der Waals surface area contributed by atoms with E-state index in [0.29, 0.717) is 19.6 Å². The molecule has 0 aromatic heterocycles. The van der Waals surface area contributed by atoms with Gasteiger partial charge in [0.2, 0.25) is 0 Å². The molecule has 20 heavy (non-hydrogen) atoms. The van der Waals surface area contributed by atoms with Gasteiger partial charge in [-0.2, -0.15) is 0 Å². The first-order valence-electron chi connectivity index (χ1n) is 7.68. The molecule has 0 aromatic rings. The minimum absolute atomic E-state index is 0.110. The fourth-order valence-electron chi connectivity index (χ4n) is 1.80. The first-order chi connectivity index (χ1) is 9.70. The molecule has 0 spiro atoms. The van der Waals surface area contributed by atoms with Crippen molar-refractivity contribution in [1.29, 1.82) is 0 Å². The predicted molar refractivity (Wildman–Crippen MR) is 78.6 cm³/mol. The zero-order chi connectivity index (χ0) is 15.1. The van der Waals surface area contributed by atoms with E-state index < -0.39 is 6.09 Å². The third-order valence-electron chi connectivity index (χ3n) is 3.02. The van der Waals surface area contributed by atoms with E-state index in [1.807, 2.05) is 0 Å².